The number of carbonyl (C=O) groups is 2. The molecule has 0 aliphatic heterocycles. The summed E-state index contributed by atoms with van der Waals surface area (Å²) in [4.78, 5) is 27.8. The maximum absolute atomic E-state index is 13.6. The predicted octanol–water partition coefficient (Wildman–Crippen LogP) is 2.90. The summed E-state index contributed by atoms with van der Waals surface area (Å²) in [5.74, 6) is -0.777. The van der Waals surface area contributed by atoms with Crippen LogP contribution < -0.4 is 9.62 Å². The number of anilines is 1. The summed E-state index contributed by atoms with van der Waals surface area (Å²) in [5, 5.41) is 3.32. The van der Waals surface area contributed by atoms with Gasteiger partial charge in [-0.1, -0.05) is 48.9 Å². The molecule has 1 atom stereocenters. The van der Waals surface area contributed by atoms with Crippen LogP contribution in [0.2, 0.25) is 5.02 Å². The lowest BCUT2D eigenvalue weighted by Crippen LogP contribution is -2.53. The summed E-state index contributed by atoms with van der Waals surface area (Å²) in [6.07, 6.45) is 0.372. The van der Waals surface area contributed by atoms with Gasteiger partial charge in [-0.3, -0.25) is 9.59 Å². The Morgan fingerprint density at radius 2 is 1.61 bits per heavy atom. The summed E-state index contributed by atoms with van der Waals surface area (Å²) in [7, 11) is -1.15. The van der Waals surface area contributed by atoms with Gasteiger partial charge in [-0.2, -0.15) is 12.7 Å². The lowest BCUT2D eigenvalue weighted by molar-refractivity contribution is -0.140. The van der Waals surface area contributed by atoms with Crippen molar-refractivity contribution < 1.29 is 18.0 Å². The van der Waals surface area contributed by atoms with E-state index >= 15 is 0 Å². The monoisotopic (exact) mass is 494 g/mol. The lowest BCUT2D eigenvalue weighted by atomic mass is 10.1. The summed E-state index contributed by atoms with van der Waals surface area (Å²) in [6, 6.07) is 14.6. The topological polar surface area (TPSA) is 90.0 Å². The molecular formula is C23H31ClN4O4S. The van der Waals surface area contributed by atoms with Crippen LogP contribution in [-0.2, 0) is 26.3 Å². The molecule has 0 aliphatic rings. The number of hydrogen-bond acceptors (Lipinski definition) is 4. The molecule has 1 unspecified atom stereocenters. The fourth-order valence-electron chi connectivity index (χ4n) is 3.31. The molecule has 2 aromatic carbocycles. The van der Waals surface area contributed by atoms with Gasteiger partial charge in [-0.25, -0.2) is 4.31 Å². The van der Waals surface area contributed by atoms with Crippen molar-refractivity contribution in [2.75, 3.05) is 31.5 Å². The van der Waals surface area contributed by atoms with Crippen LogP contribution in [0.3, 0.4) is 0 Å². The molecule has 8 nitrogen and oxygen atoms in total. The molecular weight excluding hydrogens is 464 g/mol. The zero-order chi connectivity index (χ0) is 24.6. The van der Waals surface area contributed by atoms with Gasteiger partial charge < -0.3 is 10.2 Å². The molecule has 33 heavy (non-hydrogen) atoms. The average molecular weight is 495 g/mol. The van der Waals surface area contributed by atoms with E-state index in [0.29, 0.717) is 23.7 Å². The Bertz CT molecular complexity index is 1030. The first-order valence-corrected chi connectivity index (χ1v) is 12.5. The quantitative estimate of drug-likeness (QED) is 0.520. The first-order chi connectivity index (χ1) is 15.6. The van der Waals surface area contributed by atoms with E-state index in [1.165, 1.54) is 19.0 Å². The average Bonchev–Trinajstić information content (AvgIpc) is 2.79. The summed E-state index contributed by atoms with van der Waals surface area (Å²) in [6.45, 7) is 3.72. The second-order valence-corrected chi connectivity index (χ2v) is 10.1. The van der Waals surface area contributed by atoms with E-state index in [-0.39, 0.29) is 12.5 Å². The van der Waals surface area contributed by atoms with Crippen molar-refractivity contribution in [3.63, 3.8) is 0 Å². The molecule has 0 saturated heterocycles. The zero-order valence-electron chi connectivity index (χ0n) is 19.4. The molecule has 0 bridgehead atoms. The van der Waals surface area contributed by atoms with E-state index in [4.69, 9.17) is 11.6 Å². The molecule has 0 radical (unpaired) electrons. The van der Waals surface area contributed by atoms with Crippen molar-refractivity contribution in [3.05, 3.63) is 65.2 Å². The van der Waals surface area contributed by atoms with Crippen molar-refractivity contribution in [2.24, 2.45) is 0 Å². The van der Waals surface area contributed by atoms with E-state index in [2.05, 4.69) is 5.32 Å². The third-order valence-electron chi connectivity index (χ3n) is 5.07. The maximum Gasteiger partial charge on any atom is 0.304 e. The number of amides is 2. The minimum Gasteiger partial charge on any atom is -0.355 e. The Kier molecular flexibility index (Phi) is 9.70. The second kappa shape index (κ2) is 12.0. The van der Waals surface area contributed by atoms with E-state index < -0.39 is 28.7 Å². The van der Waals surface area contributed by atoms with E-state index in [1.54, 1.807) is 61.5 Å². The SMILES string of the molecule is CCNC(=O)C(CC)N(Cc1ccc(Cl)cc1)C(=O)CN(c1ccccc1)S(=O)(=O)N(C)C. The highest BCUT2D eigenvalue weighted by Crippen LogP contribution is 2.21. The van der Waals surface area contributed by atoms with Crippen LogP contribution in [0, 0.1) is 0 Å². The number of carbonyl (C=O) groups excluding carboxylic acids is 2. The maximum atomic E-state index is 13.6. The first kappa shape index (κ1) is 26.6. The van der Waals surface area contributed by atoms with Crippen LogP contribution in [0.5, 0.6) is 0 Å². The Morgan fingerprint density at radius 3 is 2.12 bits per heavy atom. The molecule has 2 amide bonds. The summed E-state index contributed by atoms with van der Waals surface area (Å²) in [5.41, 5.74) is 1.13. The van der Waals surface area contributed by atoms with Gasteiger partial charge in [0, 0.05) is 32.2 Å². The number of likely N-dealkylation sites (N-methyl/N-ethyl adjacent to an activating group) is 1. The zero-order valence-corrected chi connectivity index (χ0v) is 20.9. The molecule has 2 aromatic rings. The largest absolute Gasteiger partial charge is 0.355 e. The number of halogens is 1. The highest BCUT2D eigenvalue weighted by Gasteiger charge is 2.33. The molecule has 10 heteroatoms. The van der Waals surface area contributed by atoms with Gasteiger partial charge in [0.25, 0.3) is 0 Å². The Morgan fingerprint density at radius 1 is 1.00 bits per heavy atom. The Balaban J connectivity index is 2.45. The first-order valence-electron chi connectivity index (χ1n) is 10.7. The number of benzene rings is 2. The fraction of sp³-hybridized carbons (Fsp3) is 0.391. The second-order valence-electron chi connectivity index (χ2n) is 7.60. The van der Waals surface area contributed by atoms with Crippen LogP contribution >= 0.6 is 11.6 Å². The number of para-hydroxylation sites is 1. The number of hydrogen-bond donors (Lipinski definition) is 1. The molecule has 1 N–H and O–H groups in total. The normalized spacial score (nSPS) is 12.3. The molecule has 0 spiro atoms. The third-order valence-corrected chi connectivity index (χ3v) is 7.14. The molecule has 0 saturated carbocycles. The van der Waals surface area contributed by atoms with Gasteiger partial charge in [0.1, 0.15) is 12.6 Å². The smallest absolute Gasteiger partial charge is 0.304 e. The predicted molar refractivity (Wildman–Crippen MR) is 131 cm³/mol. The van der Waals surface area contributed by atoms with Crippen LogP contribution in [0.1, 0.15) is 25.8 Å². The van der Waals surface area contributed by atoms with Crippen molar-refractivity contribution in [1.82, 2.24) is 14.5 Å². The lowest BCUT2D eigenvalue weighted by Gasteiger charge is -2.33. The summed E-state index contributed by atoms with van der Waals surface area (Å²) < 4.78 is 28.2. The van der Waals surface area contributed by atoms with Gasteiger partial charge in [-0.15, -0.1) is 0 Å². The molecule has 2 rings (SSSR count). The van der Waals surface area contributed by atoms with Crippen LogP contribution in [0.4, 0.5) is 5.69 Å². The van der Waals surface area contributed by atoms with Gasteiger partial charge >= 0.3 is 10.2 Å². The van der Waals surface area contributed by atoms with Crippen LogP contribution in [0.25, 0.3) is 0 Å². The molecule has 0 fully saturated rings. The highest BCUT2D eigenvalue weighted by molar-refractivity contribution is 7.90. The van der Waals surface area contributed by atoms with E-state index in [0.717, 1.165) is 14.2 Å². The highest BCUT2D eigenvalue weighted by atomic mass is 35.5. The van der Waals surface area contributed by atoms with Crippen molar-refractivity contribution >= 4 is 39.3 Å². The van der Waals surface area contributed by atoms with Crippen molar-refractivity contribution in [3.8, 4) is 0 Å². The van der Waals surface area contributed by atoms with Gasteiger partial charge in [0.15, 0.2) is 0 Å². The van der Waals surface area contributed by atoms with Gasteiger partial charge in [0.05, 0.1) is 5.69 Å². The summed E-state index contributed by atoms with van der Waals surface area (Å²) >= 11 is 5.99. The number of nitrogens with one attached hydrogen (secondary N) is 1. The Labute approximate surface area is 201 Å². The van der Waals surface area contributed by atoms with Crippen LogP contribution in [0.15, 0.2) is 54.6 Å². The number of nitrogens with zero attached hydrogens (tertiary/aromatic N) is 3. The Hall–Kier alpha value is -2.62. The molecule has 0 aliphatic carbocycles. The fourth-order valence-corrected chi connectivity index (χ4v) is 4.49. The standard InChI is InChI=1S/C23H31ClN4O4S/c1-5-21(23(30)25-6-2)27(16-18-12-14-19(24)15-13-18)22(29)17-28(33(31,32)26(3)4)20-10-8-7-9-11-20/h7-15,21H,5-6,16-17H2,1-4H3,(H,25,30). The van der Waals surface area contributed by atoms with Crippen molar-refractivity contribution in [1.29, 1.82) is 0 Å². The minimum absolute atomic E-state index is 0.135. The van der Waals surface area contributed by atoms with Crippen LogP contribution in [-0.4, -0.2) is 62.7 Å². The minimum atomic E-state index is -3.96. The van der Waals surface area contributed by atoms with E-state index in [1.807, 2.05) is 6.92 Å². The van der Waals surface area contributed by atoms with Gasteiger partial charge in [0.2, 0.25) is 11.8 Å². The van der Waals surface area contributed by atoms with E-state index in [9.17, 15) is 18.0 Å². The molecule has 180 valence electrons. The molecule has 0 heterocycles. The van der Waals surface area contributed by atoms with Gasteiger partial charge in [-0.05, 0) is 43.2 Å². The van der Waals surface area contributed by atoms with Crippen molar-refractivity contribution in [2.45, 2.75) is 32.9 Å². The number of rotatable bonds is 11. The molecule has 0 aromatic heterocycles. The third kappa shape index (κ3) is 6.93.